The number of aromatic nitrogens is 2. The zero-order chi connectivity index (χ0) is 23.5. The van der Waals surface area contributed by atoms with Crippen LogP contribution in [0, 0.1) is 13.8 Å². The van der Waals surface area contributed by atoms with Crippen molar-refractivity contribution >= 4 is 17.0 Å². The molecule has 0 bridgehead atoms. The maximum Gasteiger partial charge on any atom is 0.227 e. The summed E-state index contributed by atoms with van der Waals surface area (Å²) in [4.78, 5) is 21.8. The number of hydrogen-bond acceptors (Lipinski definition) is 4. The first-order valence-electron chi connectivity index (χ1n) is 11.3. The van der Waals surface area contributed by atoms with Crippen LogP contribution in [-0.4, -0.2) is 15.9 Å². The molecule has 0 radical (unpaired) electrons. The second kappa shape index (κ2) is 9.32. The van der Waals surface area contributed by atoms with Gasteiger partial charge in [-0.3, -0.25) is 9.78 Å². The van der Waals surface area contributed by atoms with Crippen LogP contribution in [0.25, 0.3) is 22.6 Å². The molecular formula is C29H25N3O2. The summed E-state index contributed by atoms with van der Waals surface area (Å²) in [6.07, 6.45) is 3.67. The molecule has 0 fully saturated rings. The number of pyridine rings is 1. The molecular weight excluding hydrogens is 422 g/mol. The first-order chi connectivity index (χ1) is 16.6. The van der Waals surface area contributed by atoms with Gasteiger partial charge in [-0.05, 0) is 60.4 Å². The summed E-state index contributed by atoms with van der Waals surface area (Å²) < 4.78 is 5.88. The zero-order valence-electron chi connectivity index (χ0n) is 19.2. The quantitative estimate of drug-likeness (QED) is 0.349. The van der Waals surface area contributed by atoms with E-state index in [1.807, 2.05) is 60.7 Å². The lowest BCUT2D eigenvalue weighted by Gasteiger charge is -2.22. The molecule has 1 unspecified atom stereocenters. The van der Waals surface area contributed by atoms with E-state index in [9.17, 15) is 4.79 Å². The van der Waals surface area contributed by atoms with Gasteiger partial charge in [-0.15, -0.1) is 0 Å². The smallest absolute Gasteiger partial charge is 0.227 e. The van der Waals surface area contributed by atoms with Crippen LogP contribution in [0.15, 0.2) is 95.7 Å². The second-order valence-electron chi connectivity index (χ2n) is 8.51. The van der Waals surface area contributed by atoms with Crippen LogP contribution < -0.4 is 5.32 Å². The summed E-state index contributed by atoms with van der Waals surface area (Å²) in [7, 11) is 0. The fourth-order valence-electron chi connectivity index (χ4n) is 4.23. The normalized spacial score (nSPS) is 11.9. The Labute approximate surface area is 198 Å². The summed E-state index contributed by atoms with van der Waals surface area (Å²) in [5.41, 5.74) is 7.67. The van der Waals surface area contributed by atoms with E-state index in [0.29, 0.717) is 11.5 Å². The largest absolute Gasteiger partial charge is 0.436 e. The maximum absolute atomic E-state index is 13.1. The Bertz CT molecular complexity index is 1440. The van der Waals surface area contributed by atoms with E-state index >= 15 is 0 Å². The van der Waals surface area contributed by atoms with Crippen molar-refractivity contribution in [1.82, 2.24) is 15.3 Å². The van der Waals surface area contributed by atoms with Crippen molar-refractivity contribution in [2.45, 2.75) is 26.3 Å². The molecule has 5 rings (SSSR count). The summed E-state index contributed by atoms with van der Waals surface area (Å²) in [6.45, 7) is 4.16. The van der Waals surface area contributed by atoms with Crippen LogP contribution >= 0.6 is 0 Å². The lowest BCUT2D eigenvalue weighted by atomic mass is 9.93. The van der Waals surface area contributed by atoms with Crippen molar-refractivity contribution in [1.29, 1.82) is 0 Å². The van der Waals surface area contributed by atoms with Gasteiger partial charge < -0.3 is 9.73 Å². The number of benzene rings is 3. The van der Waals surface area contributed by atoms with E-state index < -0.39 is 0 Å². The van der Waals surface area contributed by atoms with Crippen LogP contribution in [-0.2, 0) is 11.2 Å². The van der Waals surface area contributed by atoms with Crippen molar-refractivity contribution in [2.24, 2.45) is 0 Å². The second-order valence-corrected chi connectivity index (χ2v) is 8.51. The summed E-state index contributed by atoms with van der Waals surface area (Å²) in [5, 5.41) is 3.25. The monoisotopic (exact) mass is 447 g/mol. The van der Waals surface area contributed by atoms with Gasteiger partial charge in [0.25, 0.3) is 0 Å². The third kappa shape index (κ3) is 4.59. The van der Waals surface area contributed by atoms with E-state index in [-0.39, 0.29) is 18.4 Å². The Kier molecular flexibility index (Phi) is 5.91. The molecule has 168 valence electrons. The first kappa shape index (κ1) is 21.6. The topological polar surface area (TPSA) is 68.0 Å². The van der Waals surface area contributed by atoms with E-state index in [1.54, 1.807) is 12.4 Å². The number of aryl methyl sites for hydroxylation is 2. The number of carbonyl (C=O) groups excluding carboxylic acids is 1. The molecule has 3 aromatic carbocycles. The number of carbonyl (C=O) groups is 1. The third-order valence-corrected chi connectivity index (χ3v) is 5.92. The number of hydrogen-bond donors (Lipinski definition) is 1. The molecule has 1 N–H and O–H groups in total. The van der Waals surface area contributed by atoms with Crippen molar-refractivity contribution in [3.8, 4) is 11.5 Å². The fourth-order valence-corrected chi connectivity index (χ4v) is 4.23. The van der Waals surface area contributed by atoms with Gasteiger partial charge in [0.2, 0.25) is 11.8 Å². The molecule has 0 spiro atoms. The summed E-state index contributed by atoms with van der Waals surface area (Å²) >= 11 is 0. The van der Waals surface area contributed by atoms with Crippen LogP contribution in [0.4, 0.5) is 0 Å². The molecule has 2 aromatic heterocycles. The van der Waals surface area contributed by atoms with E-state index in [1.165, 1.54) is 5.56 Å². The lowest BCUT2D eigenvalue weighted by Crippen LogP contribution is -2.31. The van der Waals surface area contributed by atoms with Gasteiger partial charge in [0.1, 0.15) is 5.52 Å². The van der Waals surface area contributed by atoms with Crippen LogP contribution in [0.2, 0.25) is 0 Å². The van der Waals surface area contributed by atoms with Crippen molar-refractivity contribution in [2.75, 3.05) is 0 Å². The minimum Gasteiger partial charge on any atom is -0.436 e. The molecule has 5 aromatic rings. The van der Waals surface area contributed by atoms with Gasteiger partial charge in [0.05, 0.1) is 12.5 Å². The van der Waals surface area contributed by atoms with E-state index in [0.717, 1.165) is 33.3 Å². The number of amides is 1. The van der Waals surface area contributed by atoms with Gasteiger partial charge >= 0.3 is 0 Å². The number of nitrogens with one attached hydrogen (secondary N) is 1. The Morgan fingerprint density at radius 3 is 2.50 bits per heavy atom. The molecule has 0 aliphatic rings. The Balaban J connectivity index is 1.39. The highest BCUT2D eigenvalue weighted by Crippen LogP contribution is 2.27. The molecule has 5 heteroatoms. The molecule has 0 aliphatic heterocycles. The predicted octanol–water partition coefficient (Wildman–Crippen LogP) is 5.95. The molecule has 5 nitrogen and oxygen atoms in total. The van der Waals surface area contributed by atoms with Crippen LogP contribution in [0.3, 0.4) is 0 Å². The van der Waals surface area contributed by atoms with Crippen molar-refractivity contribution < 1.29 is 9.21 Å². The molecule has 1 amide bonds. The summed E-state index contributed by atoms with van der Waals surface area (Å²) in [5.74, 6) is 0.490. The van der Waals surface area contributed by atoms with Gasteiger partial charge in [-0.1, -0.05) is 60.2 Å². The van der Waals surface area contributed by atoms with E-state index in [2.05, 4.69) is 47.3 Å². The highest BCUT2D eigenvalue weighted by atomic mass is 16.3. The van der Waals surface area contributed by atoms with Crippen LogP contribution in [0.5, 0.6) is 0 Å². The average Bonchev–Trinajstić information content (AvgIpc) is 3.28. The minimum absolute atomic E-state index is 0.0500. The molecule has 0 saturated heterocycles. The van der Waals surface area contributed by atoms with Gasteiger partial charge in [0, 0.05) is 18.0 Å². The molecule has 0 saturated carbocycles. The SMILES string of the molecule is Cc1ccc(C(NC(=O)Cc2ccc3oc(-c4ccncc4)nc3c2)c2ccccc2)c(C)c1. The molecule has 0 aliphatic carbocycles. The molecule has 34 heavy (non-hydrogen) atoms. The number of oxazole rings is 1. The van der Waals surface area contributed by atoms with Crippen molar-refractivity contribution in [3.05, 3.63) is 119 Å². The van der Waals surface area contributed by atoms with Crippen molar-refractivity contribution in [3.63, 3.8) is 0 Å². The number of fused-ring (bicyclic) bond motifs is 1. The predicted molar refractivity (Wildman–Crippen MR) is 133 cm³/mol. The minimum atomic E-state index is -0.219. The molecule has 1 atom stereocenters. The Hall–Kier alpha value is -4.25. The first-order valence-corrected chi connectivity index (χ1v) is 11.3. The highest BCUT2D eigenvalue weighted by molar-refractivity contribution is 5.82. The third-order valence-electron chi connectivity index (χ3n) is 5.92. The fraction of sp³-hybridized carbons (Fsp3) is 0.138. The summed E-state index contributed by atoms with van der Waals surface area (Å²) in [6, 6.07) is 25.6. The zero-order valence-corrected chi connectivity index (χ0v) is 19.2. The van der Waals surface area contributed by atoms with Crippen LogP contribution in [0.1, 0.15) is 33.9 Å². The average molecular weight is 448 g/mol. The number of rotatable bonds is 6. The van der Waals surface area contributed by atoms with Gasteiger partial charge in [-0.2, -0.15) is 0 Å². The maximum atomic E-state index is 13.1. The number of nitrogens with zero attached hydrogens (tertiary/aromatic N) is 2. The van der Waals surface area contributed by atoms with E-state index in [4.69, 9.17) is 4.42 Å². The Morgan fingerprint density at radius 2 is 1.74 bits per heavy atom. The van der Waals surface area contributed by atoms with Gasteiger partial charge in [-0.25, -0.2) is 4.98 Å². The standard InChI is InChI=1S/C29H25N3O2/c1-19-8-10-24(20(2)16-19)28(22-6-4-3-5-7-22)32-27(33)18-21-9-11-26-25(17-21)31-29(34-26)23-12-14-30-15-13-23/h3-17,28H,18H2,1-2H3,(H,32,33). The molecule has 2 heterocycles. The lowest BCUT2D eigenvalue weighted by molar-refractivity contribution is -0.120. The highest BCUT2D eigenvalue weighted by Gasteiger charge is 2.19. The Morgan fingerprint density at radius 1 is 0.941 bits per heavy atom. The van der Waals surface area contributed by atoms with Gasteiger partial charge in [0.15, 0.2) is 5.58 Å².